The van der Waals surface area contributed by atoms with Gasteiger partial charge in [0.05, 0.1) is 11.7 Å². The molecule has 7 heteroatoms. The number of alkyl halides is 4. The molecule has 0 spiro atoms. The Kier molecular flexibility index (Phi) is 8.64. The van der Waals surface area contributed by atoms with Gasteiger partial charge >= 0.3 is 6.18 Å². The molecule has 42 heavy (non-hydrogen) atoms. The molecule has 0 fully saturated rings. The number of rotatable bonds is 6. The van der Waals surface area contributed by atoms with E-state index in [2.05, 4.69) is 53.8 Å². The minimum Gasteiger partial charge on any atom is -0.410 e. The number of hydrogen-bond acceptors (Lipinski definition) is 1. The highest BCUT2D eigenvalue weighted by Gasteiger charge is 2.44. The molecule has 4 rings (SSSR count). The van der Waals surface area contributed by atoms with Crippen molar-refractivity contribution in [3.8, 4) is 11.1 Å². The van der Waals surface area contributed by atoms with Crippen LogP contribution in [0.5, 0.6) is 0 Å². The van der Waals surface area contributed by atoms with Gasteiger partial charge in [0.2, 0.25) is 0 Å². The lowest BCUT2D eigenvalue weighted by Crippen LogP contribution is -2.43. The molecule has 3 aromatic rings. The number of fused-ring (bicyclic) bond motifs is 1. The molecule has 1 aliphatic rings. The van der Waals surface area contributed by atoms with Crippen LogP contribution in [-0.2, 0) is 17.0 Å². The zero-order chi connectivity index (χ0) is 31.4. The van der Waals surface area contributed by atoms with Crippen LogP contribution < -0.4 is 0 Å². The highest BCUT2D eigenvalue weighted by atomic mass is 28.4. The number of halogens is 5. The number of hydrogen-bond donors (Lipinski definition) is 0. The minimum atomic E-state index is -4.51. The van der Waals surface area contributed by atoms with Gasteiger partial charge in [-0.2, -0.15) is 13.2 Å². The average Bonchev–Trinajstić information content (AvgIpc) is 2.85. The van der Waals surface area contributed by atoms with E-state index in [0.29, 0.717) is 16.7 Å². The molecule has 0 N–H and O–H groups in total. The molecule has 3 aromatic carbocycles. The summed E-state index contributed by atoms with van der Waals surface area (Å²) in [5.74, 6) is -0.467. The molecule has 0 aromatic heterocycles. The first-order chi connectivity index (χ1) is 19.2. The molecule has 2 atom stereocenters. The van der Waals surface area contributed by atoms with Crippen molar-refractivity contribution in [2.24, 2.45) is 5.41 Å². The summed E-state index contributed by atoms with van der Waals surface area (Å²) in [5.41, 5.74) is 3.80. The van der Waals surface area contributed by atoms with E-state index in [4.69, 9.17) is 4.43 Å². The van der Waals surface area contributed by atoms with Crippen LogP contribution in [0, 0.1) is 11.2 Å². The van der Waals surface area contributed by atoms with Crippen molar-refractivity contribution in [3.63, 3.8) is 0 Å². The van der Waals surface area contributed by atoms with Crippen LogP contribution in [0.1, 0.15) is 106 Å². The van der Waals surface area contributed by atoms with E-state index in [1.165, 1.54) is 24.3 Å². The van der Waals surface area contributed by atoms with E-state index in [1.807, 2.05) is 13.8 Å². The van der Waals surface area contributed by atoms with Crippen molar-refractivity contribution < 1.29 is 26.4 Å². The topological polar surface area (TPSA) is 9.23 Å². The molecule has 0 amide bonds. The fraction of sp³-hybridized carbons (Fsp3) is 0.486. The molecule has 0 heterocycles. The van der Waals surface area contributed by atoms with E-state index < -0.39 is 32.0 Å². The molecular formula is C35H43F5OSi. The van der Waals surface area contributed by atoms with Crippen molar-refractivity contribution in [3.05, 3.63) is 93.8 Å². The Morgan fingerprint density at radius 2 is 1.50 bits per heavy atom. The monoisotopic (exact) mass is 602 g/mol. The van der Waals surface area contributed by atoms with Crippen molar-refractivity contribution in [1.82, 2.24) is 0 Å². The van der Waals surface area contributed by atoms with E-state index in [-0.39, 0.29) is 28.0 Å². The Bertz CT molecular complexity index is 1410. The Labute approximate surface area is 248 Å². The Balaban J connectivity index is 2.05. The third-order valence-electron chi connectivity index (χ3n) is 9.04. The van der Waals surface area contributed by atoms with E-state index in [9.17, 15) is 17.6 Å². The van der Waals surface area contributed by atoms with Crippen LogP contribution in [0.25, 0.3) is 11.1 Å². The van der Waals surface area contributed by atoms with Crippen LogP contribution in [0.3, 0.4) is 0 Å². The lowest BCUT2D eigenvalue weighted by atomic mass is 9.68. The predicted molar refractivity (Wildman–Crippen MR) is 163 cm³/mol. The van der Waals surface area contributed by atoms with Gasteiger partial charge in [-0.1, -0.05) is 78.8 Å². The summed E-state index contributed by atoms with van der Waals surface area (Å²) in [7, 11) is -2.28. The van der Waals surface area contributed by atoms with Crippen LogP contribution in [0.4, 0.5) is 22.0 Å². The highest BCUT2D eigenvalue weighted by molar-refractivity contribution is 6.74. The predicted octanol–water partition coefficient (Wildman–Crippen LogP) is 11.7. The molecule has 2 unspecified atom stereocenters. The summed E-state index contributed by atoms with van der Waals surface area (Å²) >= 11 is 0. The smallest absolute Gasteiger partial charge is 0.410 e. The first-order valence-corrected chi connectivity index (χ1v) is 17.6. The second-order valence-corrected chi connectivity index (χ2v) is 19.1. The van der Waals surface area contributed by atoms with Crippen LogP contribution in [0.2, 0.25) is 18.1 Å². The summed E-state index contributed by atoms with van der Waals surface area (Å²) in [6, 6.07) is 12.5. The van der Waals surface area contributed by atoms with Gasteiger partial charge in [-0.15, -0.1) is 0 Å². The third kappa shape index (κ3) is 6.52. The van der Waals surface area contributed by atoms with Crippen molar-refractivity contribution >= 4 is 8.32 Å². The average molecular weight is 603 g/mol. The molecule has 0 aliphatic heterocycles. The van der Waals surface area contributed by atoms with E-state index >= 15 is 4.39 Å². The van der Waals surface area contributed by atoms with Gasteiger partial charge in [-0.05, 0) is 100.0 Å². The summed E-state index contributed by atoms with van der Waals surface area (Å²) in [6.07, 6.45) is -5.02. The molecule has 0 radical (unpaired) electrons. The summed E-state index contributed by atoms with van der Waals surface area (Å²) < 4.78 is 78.1. The molecule has 228 valence electrons. The van der Waals surface area contributed by atoms with E-state index in [0.717, 1.165) is 41.7 Å². The Hall–Kier alpha value is -2.51. The maximum atomic E-state index is 16.9. The van der Waals surface area contributed by atoms with Gasteiger partial charge in [0.25, 0.3) is 0 Å². The molecule has 0 saturated carbocycles. The fourth-order valence-electron chi connectivity index (χ4n) is 5.82. The van der Waals surface area contributed by atoms with Gasteiger partial charge in [0, 0.05) is 5.56 Å². The van der Waals surface area contributed by atoms with Crippen LogP contribution in [-0.4, -0.2) is 8.32 Å². The summed E-state index contributed by atoms with van der Waals surface area (Å²) in [6.45, 7) is 19.4. The summed E-state index contributed by atoms with van der Waals surface area (Å²) in [5, 5.41) is -0.0612. The second-order valence-electron chi connectivity index (χ2n) is 14.4. The molecular weight excluding hydrogens is 559 g/mol. The number of benzene rings is 3. The van der Waals surface area contributed by atoms with Crippen LogP contribution >= 0.6 is 0 Å². The lowest BCUT2D eigenvalue weighted by molar-refractivity contribution is -0.137. The zero-order valence-corrected chi connectivity index (χ0v) is 27.1. The first kappa shape index (κ1) is 32.4. The Morgan fingerprint density at radius 3 is 2.00 bits per heavy atom. The van der Waals surface area contributed by atoms with Gasteiger partial charge in [-0.25, -0.2) is 8.78 Å². The SMILES string of the molecule is CC(C)c1cc2c(c(-c3ccc(F)cc3)c1C(F)c1ccc(C(F)(F)F)cc1)C(O[Si](C)(C)C(C)(C)C)CC(C)(C)C2. The minimum absolute atomic E-state index is 0.0612. The zero-order valence-electron chi connectivity index (χ0n) is 26.1. The first-order valence-electron chi connectivity index (χ1n) is 14.7. The Morgan fingerprint density at radius 1 is 0.929 bits per heavy atom. The fourth-order valence-corrected chi connectivity index (χ4v) is 7.08. The largest absolute Gasteiger partial charge is 0.416 e. The third-order valence-corrected chi connectivity index (χ3v) is 13.5. The highest BCUT2D eigenvalue weighted by Crippen LogP contribution is 2.53. The molecule has 1 nitrogen and oxygen atoms in total. The lowest BCUT2D eigenvalue weighted by Gasteiger charge is -2.45. The normalized spacial score (nSPS) is 18.2. The van der Waals surface area contributed by atoms with Crippen LogP contribution in [0.15, 0.2) is 54.6 Å². The second kappa shape index (κ2) is 11.2. The quantitative estimate of drug-likeness (QED) is 0.201. The molecule has 0 saturated heterocycles. The van der Waals surface area contributed by atoms with Gasteiger partial charge in [0.1, 0.15) is 5.82 Å². The van der Waals surface area contributed by atoms with Crippen molar-refractivity contribution in [1.29, 1.82) is 0 Å². The maximum absolute atomic E-state index is 16.9. The maximum Gasteiger partial charge on any atom is 0.416 e. The molecule has 1 aliphatic carbocycles. The molecule has 0 bridgehead atoms. The van der Waals surface area contributed by atoms with Crippen molar-refractivity contribution in [2.45, 2.75) is 104 Å². The van der Waals surface area contributed by atoms with Crippen molar-refractivity contribution in [2.75, 3.05) is 0 Å². The standard InChI is InChI=1S/C35H43F5OSi/c1-21(2)27-18-24-19-34(6,7)20-28(41-42(8,9)33(3,4)5)29(24)30(22-12-16-26(36)17-13-22)31(27)32(37)23-10-14-25(15-11-23)35(38,39)40/h10-18,21,28,32H,19-20H2,1-9H3. The van der Waals surface area contributed by atoms with Gasteiger partial charge in [0.15, 0.2) is 14.5 Å². The van der Waals surface area contributed by atoms with E-state index in [1.54, 1.807) is 12.1 Å². The van der Waals surface area contributed by atoms with Gasteiger partial charge in [-0.3, -0.25) is 0 Å². The van der Waals surface area contributed by atoms with Gasteiger partial charge < -0.3 is 4.43 Å². The summed E-state index contributed by atoms with van der Waals surface area (Å²) in [4.78, 5) is 0.